The van der Waals surface area contributed by atoms with Gasteiger partial charge < -0.3 is 0 Å². The molecular formula is C108H74N6. The summed E-state index contributed by atoms with van der Waals surface area (Å²) in [5.41, 5.74) is 37.3. The minimum absolute atomic E-state index is 0.0460. The van der Waals surface area contributed by atoms with Crippen LogP contribution in [-0.4, -0.2) is 29.9 Å². The molecule has 5 aromatic heterocycles. The van der Waals surface area contributed by atoms with Crippen molar-refractivity contribution in [3.05, 3.63) is 443 Å². The summed E-state index contributed by atoms with van der Waals surface area (Å²) in [6, 6.07) is 134. The second-order valence-electron chi connectivity index (χ2n) is 28.8. The van der Waals surface area contributed by atoms with Crippen LogP contribution in [0.2, 0.25) is 0 Å². The van der Waals surface area contributed by atoms with E-state index in [0.717, 1.165) is 202 Å². The zero-order chi connectivity index (χ0) is 75.9. The lowest BCUT2D eigenvalue weighted by molar-refractivity contribution is 0.809. The lowest BCUT2D eigenvalue weighted by Crippen LogP contribution is -2.03. The number of hydrogen-bond acceptors (Lipinski definition) is 6. The quantitative estimate of drug-likeness (QED) is 0.0852. The van der Waals surface area contributed by atoms with Crippen molar-refractivity contribution in [3.8, 4) is 179 Å². The third-order valence-electron chi connectivity index (χ3n) is 21.8. The molecule has 0 saturated heterocycles. The third-order valence-corrected chi connectivity index (χ3v) is 21.8. The molecule has 5 heterocycles. The van der Waals surface area contributed by atoms with Crippen molar-refractivity contribution in [2.24, 2.45) is 0 Å². The van der Waals surface area contributed by atoms with E-state index in [4.69, 9.17) is 29.9 Å². The Labute approximate surface area is 665 Å². The lowest BCUT2D eigenvalue weighted by Gasteiger charge is -2.20. The maximum absolute atomic E-state index is 5.14. The summed E-state index contributed by atoms with van der Waals surface area (Å²) >= 11 is 0. The minimum atomic E-state index is 0.0460. The van der Waals surface area contributed by atoms with Gasteiger partial charge in [-0.25, -0.2) is 0 Å². The summed E-state index contributed by atoms with van der Waals surface area (Å²) in [7, 11) is 0. The molecule has 0 saturated carbocycles. The van der Waals surface area contributed by atoms with Gasteiger partial charge in [0.2, 0.25) is 0 Å². The Balaban J connectivity index is 0.614. The van der Waals surface area contributed by atoms with Crippen LogP contribution in [0.1, 0.15) is 23.6 Å². The van der Waals surface area contributed by atoms with Gasteiger partial charge in [0.1, 0.15) is 0 Å². The van der Waals surface area contributed by atoms with E-state index in [0.29, 0.717) is 0 Å². The number of allylic oxidation sites excluding steroid dienone is 4. The Hall–Kier alpha value is -15.0. The zero-order valence-electron chi connectivity index (χ0n) is 62.5. The molecule has 18 aromatic rings. The Morgan fingerprint density at radius 1 is 0.175 bits per heavy atom. The van der Waals surface area contributed by atoms with Crippen LogP contribution >= 0.6 is 0 Å². The molecule has 536 valence electrons. The average molecular weight is 1460 g/mol. The summed E-state index contributed by atoms with van der Waals surface area (Å²) < 4.78 is 0. The van der Waals surface area contributed by atoms with Crippen LogP contribution in [0.15, 0.2) is 432 Å². The predicted octanol–water partition coefficient (Wildman–Crippen LogP) is 27.9. The maximum atomic E-state index is 5.14. The van der Waals surface area contributed by atoms with Gasteiger partial charge in [-0.05, 0) is 178 Å². The van der Waals surface area contributed by atoms with E-state index in [1.165, 1.54) is 0 Å². The molecule has 1 atom stereocenters. The Morgan fingerprint density at radius 3 is 0.675 bits per heavy atom. The monoisotopic (exact) mass is 1450 g/mol. The molecule has 6 nitrogen and oxygen atoms in total. The molecule has 0 amide bonds. The van der Waals surface area contributed by atoms with Crippen LogP contribution in [-0.2, 0) is 0 Å². The first-order valence-electron chi connectivity index (χ1n) is 38.8. The molecule has 1 aliphatic carbocycles. The highest BCUT2D eigenvalue weighted by Crippen LogP contribution is 2.46. The standard InChI is InChI=1S/C108H74N6/c1-5-25-75(26-6-1)103-57-53-81(67-109-103)93-35-15-21-41-99(93)87-61-85(62-88(65-87)100-42-22-16-36-94(100)82-54-58-104(110-68-82)76-27-7-2-8-28-76)97-39-19-13-33-91(97)73-45-49-79(50-46-73)107-71-114-108(72-113-107)80-51-47-74(48-52-80)92-34-14-20-40-98(92)86-63-89(101-43-23-17-37-95(101)83-55-59-105(111-69-83)77-29-9-3-10-30-77)66-90(64-86)102-44-24-18-38-96(102)84-56-60-106(112-70-84)78-31-11-4-12-32-78/h1-51,53-72,80H,52H2. The highest BCUT2D eigenvalue weighted by molar-refractivity contribution is 5.97. The van der Waals surface area contributed by atoms with Gasteiger partial charge in [-0.15, -0.1) is 0 Å². The smallest absolute Gasteiger partial charge is 0.0885 e. The Bertz CT molecular complexity index is 6250. The summed E-state index contributed by atoms with van der Waals surface area (Å²) in [5.74, 6) is 0.0460. The van der Waals surface area contributed by atoms with Gasteiger partial charge in [-0.2, -0.15) is 0 Å². The average Bonchev–Trinajstić information content (AvgIpc) is 0.782. The van der Waals surface area contributed by atoms with Crippen molar-refractivity contribution in [1.29, 1.82) is 0 Å². The van der Waals surface area contributed by atoms with Crippen molar-refractivity contribution in [2.45, 2.75) is 12.3 Å². The van der Waals surface area contributed by atoms with Crippen LogP contribution in [0.5, 0.6) is 0 Å². The number of rotatable bonds is 18. The molecule has 0 radical (unpaired) electrons. The first kappa shape index (κ1) is 69.5. The van der Waals surface area contributed by atoms with Gasteiger partial charge in [0, 0.05) is 87.0 Å². The van der Waals surface area contributed by atoms with Crippen molar-refractivity contribution in [3.63, 3.8) is 0 Å². The van der Waals surface area contributed by atoms with Crippen molar-refractivity contribution in [2.75, 3.05) is 0 Å². The maximum Gasteiger partial charge on any atom is 0.0885 e. The highest BCUT2D eigenvalue weighted by Gasteiger charge is 2.22. The molecule has 19 rings (SSSR count). The second-order valence-corrected chi connectivity index (χ2v) is 28.8. The zero-order valence-corrected chi connectivity index (χ0v) is 62.5. The highest BCUT2D eigenvalue weighted by atomic mass is 14.8. The number of nitrogens with zero attached hydrogens (tertiary/aromatic N) is 6. The van der Waals surface area contributed by atoms with Gasteiger partial charge in [0.05, 0.1) is 40.4 Å². The van der Waals surface area contributed by atoms with Crippen LogP contribution < -0.4 is 0 Å². The molecule has 6 heteroatoms. The number of aromatic nitrogens is 6. The summed E-state index contributed by atoms with van der Waals surface area (Å²) in [5, 5.41) is 0. The van der Waals surface area contributed by atoms with E-state index >= 15 is 0 Å². The van der Waals surface area contributed by atoms with E-state index in [2.05, 4.69) is 370 Å². The van der Waals surface area contributed by atoms with E-state index in [1.54, 1.807) is 0 Å². The summed E-state index contributed by atoms with van der Waals surface area (Å²) in [6.45, 7) is 0. The Morgan fingerprint density at radius 2 is 0.412 bits per heavy atom. The van der Waals surface area contributed by atoms with Crippen molar-refractivity contribution >= 4 is 5.57 Å². The first-order chi connectivity index (χ1) is 56.5. The largest absolute Gasteiger partial charge is 0.257 e. The summed E-state index contributed by atoms with van der Waals surface area (Å²) in [6.07, 6.45) is 19.6. The van der Waals surface area contributed by atoms with Crippen LogP contribution in [0, 0.1) is 0 Å². The molecule has 0 fully saturated rings. The van der Waals surface area contributed by atoms with Crippen LogP contribution in [0.4, 0.5) is 0 Å². The van der Waals surface area contributed by atoms with Gasteiger partial charge in [0.15, 0.2) is 0 Å². The topological polar surface area (TPSA) is 77.3 Å². The molecule has 0 bridgehead atoms. The number of pyridine rings is 4. The molecular weight excluding hydrogens is 1380 g/mol. The minimum Gasteiger partial charge on any atom is -0.257 e. The van der Waals surface area contributed by atoms with E-state index in [9.17, 15) is 0 Å². The molecule has 1 aliphatic rings. The second kappa shape index (κ2) is 31.5. The fraction of sp³-hybridized carbons (Fsp3) is 0.0185. The van der Waals surface area contributed by atoms with Crippen molar-refractivity contribution in [1.82, 2.24) is 29.9 Å². The summed E-state index contributed by atoms with van der Waals surface area (Å²) in [4.78, 5) is 30.2. The van der Waals surface area contributed by atoms with Gasteiger partial charge in [-0.3, -0.25) is 29.9 Å². The molecule has 0 spiro atoms. The van der Waals surface area contributed by atoms with E-state index in [1.807, 2.05) is 61.4 Å². The van der Waals surface area contributed by atoms with Gasteiger partial charge in [0.25, 0.3) is 0 Å². The van der Waals surface area contributed by atoms with E-state index < -0.39 is 0 Å². The van der Waals surface area contributed by atoms with E-state index in [-0.39, 0.29) is 5.92 Å². The van der Waals surface area contributed by atoms with Crippen LogP contribution in [0.3, 0.4) is 0 Å². The van der Waals surface area contributed by atoms with Gasteiger partial charge >= 0.3 is 0 Å². The fourth-order valence-electron chi connectivity index (χ4n) is 16.0. The Kier molecular flexibility index (Phi) is 19.2. The molecule has 114 heavy (non-hydrogen) atoms. The van der Waals surface area contributed by atoms with Gasteiger partial charge in [-0.1, -0.05) is 334 Å². The predicted molar refractivity (Wildman–Crippen MR) is 471 cm³/mol. The molecule has 0 aliphatic heterocycles. The van der Waals surface area contributed by atoms with Crippen LogP contribution in [0.25, 0.3) is 184 Å². The fourth-order valence-corrected chi connectivity index (χ4v) is 16.0. The number of hydrogen-bond donors (Lipinski definition) is 0. The number of benzene rings is 13. The third kappa shape index (κ3) is 14.4. The lowest BCUT2D eigenvalue weighted by atomic mass is 9.85. The first-order valence-corrected chi connectivity index (χ1v) is 38.8. The normalized spacial score (nSPS) is 12.5. The molecule has 1 unspecified atom stereocenters. The SMILES string of the molecule is C1=CC(c2cnc(-c3ccc(-c4ccccc4-c4cc(-c5ccccc5-c5ccc(-c6ccccc6)nc5)cc(-c5ccccc5-c5ccc(-c6ccccc6)nc5)c4)cc3)cn2)CC=C1c1ccccc1-c1cc(-c2ccccc2-c2ccc(-c3ccccc3)nc2)cc(-c2ccccc2-c2ccc(-c3ccccc3)nc2)c1. The molecule has 0 N–H and O–H groups in total. The molecule has 13 aromatic carbocycles. The van der Waals surface area contributed by atoms with Crippen molar-refractivity contribution < 1.29 is 0 Å².